The van der Waals surface area contributed by atoms with Gasteiger partial charge in [-0.05, 0) is 12.5 Å². The third-order valence-corrected chi connectivity index (χ3v) is 2.39. The fourth-order valence-electron chi connectivity index (χ4n) is 1.60. The first kappa shape index (κ1) is 10.5. The monoisotopic (exact) mass is 220 g/mol. The van der Waals surface area contributed by atoms with Crippen LogP contribution in [0.3, 0.4) is 0 Å². The lowest BCUT2D eigenvalue weighted by atomic mass is 10.1. The van der Waals surface area contributed by atoms with Gasteiger partial charge in [0.2, 0.25) is 11.9 Å². The van der Waals surface area contributed by atoms with Gasteiger partial charge in [0.25, 0.3) is 0 Å². The summed E-state index contributed by atoms with van der Waals surface area (Å²) in [4.78, 5) is 26.1. The van der Waals surface area contributed by atoms with Crippen LogP contribution in [-0.4, -0.2) is 35.7 Å². The number of hydrogen-bond acceptors (Lipinski definition) is 5. The van der Waals surface area contributed by atoms with Gasteiger partial charge < -0.3 is 4.84 Å². The van der Waals surface area contributed by atoms with Crippen LogP contribution in [0.5, 0.6) is 0 Å². The van der Waals surface area contributed by atoms with Crippen molar-refractivity contribution in [2.45, 2.75) is 6.42 Å². The molecule has 0 saturated carbocycles. The highest BCUT2D eigenvalue weighted by Crippen LogP contribution is 2.20. The average molecular weight is 220 g/mol. The molecular weight excluding hydrogens is 208 g/mol. The predicted molar refractivity (Wildman–Crippen MR) is 58.0 cm³/mol. The van der Waals surface area contributed by atoms with Crippen LogP contribution < -0.4 is 4.90 Å². The summed E-state index contributed by atoms with van der Waals surface area (Å²) >= 11 is 0. The van der Waals surface area contributed by atoms with Crippen LogP contribution >= 0.6 is 0 Å². The summed E-state index contributed by atoms with van der Waals surface area (Å²) in [5.74, 6) is 0.177. The molecule has 0 aromatic carbocycles. The van der Waals surface area contributed by atoms with Gasteiger partial charge in [-0.2, -0.15) is 0 Å². The molecule has 1 aromatic heterocycles. The van der Waals surface area contributed by atoms with Gasteiger partial charge in [-0.3, -0.25) is 9.69 Å². The quantitative estimate of drug-likeness (QED) is 0.548. The summed E-state index contributed by atoms with van der Waals surface area (Å²) in [6, 6.07) is 1.72. The van der Waals surface area contributed by atoms with Crippen molar-refractivity contribution < 1.29 is 9.63 Å². The zero-order valence-electron chi connectivity index (χ0n) is 8.91. The van der Waals surface area contributed by atoms with Gasteiger partial charge in [0, 0.05) is 18.9 Å². The van der Waals surface area contributed by atoms with Gasteiger partial charge in [0.1, 0.15) is 7.11 Å². The molecule has 0 spiro atoms. The van der Waals surface area contributed by atoms with Crippen LogP contribution in [0.4, 0.5) is 5.95 Å². The van der Waals surface area contributed by atoms with E-state index < -0.39 is 0 Å². The standard InChI is InChI=1S/C10H12N4O2/c1-16-13-7-8-3-6-14(9(8)15)10-11-4-2-5-12-10/h2,4-5,7-8H,3,6H2,1H3/b13-7+/t8-/m1/s1. The Morgan fingerprint density at radius 2 is 2.31 bits per heavy atom. The van der Waals surface area contributed by atoms with Crippen LogP contribution in [0, 0.1) is 5.92 Å². The Balaban J connectivity index is 2.11. The Hall–Kier alpha value is -1.98. The SMILES string of the molecule is CO/N=C/[C@H]1CCN(c2ncccn2)C1=O. The second kappa shape index (κ2) is 4.69. The number of aromatic nitrogens is 2. The molecule has 6 heteroatoms. The molecule has 1 amide bonds. The van der Waals surface area contributed by atoms with Crippen molar-refractivity contribution in [3.05, 3.63) is 18.5 Å². The number of oxime groups is 1. The molecule has 0 N–H and O–H groups in total. The first-order valence-electron chi connectivity index (χ1n) is 4.98. The number of rotatable bonds is 3. The topological polar surface area (TPSA) is 67.7 Å². The zero-order chi connectivity index (χ0) is 11.4. The van der Waals surface area contributed by atoms with Crippen LogP contribution in [0.1, 0.15) is 6.42 Å². The normalized spacial score (nSPS) is 20.7. The smallest absolute Gasteiger partial charge is 0.238 e. The maximum absolute atomic E-state index is 11.9. The van der Waals surface area contributed by atoms with E-state index in [-0.39, 0.29) is 11.8 Å². The first-order chi connectivity index (χ1) is 7.83. The molecule has 6 nitrogen and oxygen atoms in total. The zero-order valence-corrected chi connectivity index (χ0v) is 8.91. The van der Waals surface area contributed by atoms with E-state index in [4.69, 9.17) is 0 Å². The molecule has 0 bridgehead atoms. The maximum atomic E-state index is 11.9. The molecule has 1 fully saturated rings. The first-order valence-corrected chi connectivity index (χ1v) is 4.98. The fourth-order valence-corrected chi connectivity index (χ4v) is 1.60. The lowest BCUT2D eigenvalue weighted by molar-refractivity contribution is -0.118. The van der Waals surface area contributed by atoms with Crippen molar-refractivity contribution in [3.63, 3.8) is 0 Å². The second-order valence-electron chi connectivity index (χ2n) is 3.37. The maximum Gasteiger partial charge on any atom is 0.238 e. The highest BCUT2D eigenvalue weighted by Gasteiger charge is 2.32. The molecule has 1 aromatic rings. The van der Waals surface area contributed by atoms with Crippen molar-refractivity contribution in [1.82, 2.24) is 9.97 Å². The van der Waals surface area contributed by atoms with E-state index in [0.717, 1.165) is 0 Å². The summed E-state index contributed by atoms with van der Waals surface area (Å²) in [5, 5.41) is 3.62. The summed E-state index contributed by atoms with van der Waals surface area (Å²) in [5.41, 5.74) is 0. The summed E-state index contributed by atoms with van der Waals surface area (Å²) in [6.07, 6.45) is 5.47. The van der Waals surface area contributed by atoms with E-state index in [1.807, 2.05) is 0 Å². The molecule has 2 heterocycles. The van der Waals surface area contributed by atoms with Gasteiger partial charge in [-0.15, -0.1) is 0 Å². The largest absolute Gasteiger partial charge is 0.399 e. The summed E-state index contributed by atoms with van der Waals surface area (Å²) < 4.78 is 0. The van der Waals surface area contributed by atoms with Crippen molar-refractivity contribution in [1.29, 1.82) is 0 Å². The molecule has 84 valence electrons. The molecule has 16 heavy (non-hydrogen) atoms. The minimum absolute atomic E-state index is 0.0352. The third-order valence-electron chi connectivity index (χ3n) is 2.39. The average Bonchev–Trinajstić information content (AvgIpc) is 2.69. The van der Waals surface area contributed by atoms with E-state index in [1.54, 1.807) is 23.4 Å². The number of amides is 1. The third kappa shape index (κ3) is 2.00. The van der Waals surface area contributed by atoms with Crippen LogP contribution in [-0.2, 0) is 9.63 Å². The minimum atomic E-state index is -0.233. The van der Waals surface area contributed by atoms with E-state index in [2.05, 4.69) is 20.0 Å². The number of nitrogens with zero attached hydrogens (tertiary/aromatic N) is 4. The summed E-state index contributed by atoms with van der Waals surface area (Å²) in [7, 11) is 1.45. The highest BCUT2D eigenvalue weighted by molar-refractivity contribution is 6.04. The van der Waals surface area contributed by atoms with Gasteiger partial charge in [-0.1, -0.05) is 5.16 Å². The Labute approximate surface area is 92.9 Å². The van der Waals surface area contributed by atoms with Gasteiger partial charge in [0.15, 0.2) is 0 Å². The Kier molecular flexibility index (Phi) is 3.09. The van der Waals surface area contributed by atoms with Crippen LogP contribution in [0.25, 0.3) is 0 Å². The van der Waals surface area contributed by atoms with E-state index in [1.165, 1.54) is 13.3 Å². The minimum Gasteiger partial charge on any atom is -0.399 e. The molecule has 2 rings (SSSR count). The fraction of sp³-hybridized carbons (Fsp3) is 0.400. The van der Waals surface area contributed by atoms with Gasteiger partial charge >= 0.3 is 0 Å². The molecule has 1 aliphatic heterocycles. The molecule has 0 aliphatic carbocycles. The van der Waals surface area contributed by atoms with E-state index in [0.29, 0.717) is 18.9 Å². The van der Waals surface area contributed by atoms with Crippen LogP contribution in [0.15, 0.2) is 23.6 Å². The lowest BCUT2D eigenvalue weighted by Gasteiger charge is -2.12. The van der Waals surface area contributed by atoms with Gasteiger partial charge in [0.05, 0.1) is 12.1 Å². The highest BCUT2D eigenvalue weighted by atomic mass is 16.6. The lowest BCUT2D eigenvalue weighted by Crippen LogP contribution is -2.29. The molecule has 0 unspecified atom stereocenters. The predicted octanol–water partition coefficient (Wildman–Crippen LogP) is 0.462. The van der Waals surface area contributed by atoms with Crippen molar-refractivity contribution >= 4 is 18.1 Å². The molecular formula is C10H12N4O2. The van der Waals surface area contributed by atoms with Crippen molar-refractivity contribution in [3.8, 4) is 0 Å². The molecule has 0 radical (unpaired) electrons. The van der Waals surface area contributed by atoms with Crippen molar-refractivity contribution in [2.75, 3.05) is 18.6 Å². The van der Waals surface area contributed by atoms with E-state index in [9.17, 15) is 4.79 Å². The second-order valence-corrected chi connectivity index (χ2v) is 3.37. The molecule has 1 atom stereocenters. The Morgan fingerprint density at radius 3 is 3.00 bits per heavy atom. The number of hydrogen-bond donors (Lipinski definition) is 0. The van der Waals surface area contributed by atoms with Crippen LogP contribution in [0.2, 0.25) is 0 Å². The molecule has 1 aliphatic rings. The summed E-state index contributed by atoms with van der Waals surface area (Å²) in [6.45, 7) is 0.614. The number of carbonyl (C=O) groups excluding carboxylic acids is 1. The van der Waals surface area contributed by atoms with Gasteiger partial charge in [-0.25, -0.2) is 9.97 Å². The Morgan fingerprint density at radius 1 is 1.56 bits per heavy atom. The number of carbonyl (C=O) groups is 1. The van der Waals surface area contributed by atoms with E-state index >= 15 is 0 Å². The number of anilines is 1. The molecule has 1 saturated heterocycles. The Bertz CT molecular complexity index is 393. The van der Waals surface area contributed by atoms with Crippen molar-refractivity contribution in [2.24, 2.45) is 11.1 Å².